The van der Waals surface area contributed by atoms with Crippen molar-refractivity contribution in [3.8, 4) is 0 Å². The molecule has 0 N–H and O–H groups in total. The Labute approximate surface area is 167 Å². The van der Waals surface area contributed by atoms with Crippen LogP contribution in [0.4, 0.5) is 18.9 Å². The first-order valence-electron chi connectivity index (χ1n) is 8.44. The molecule has 0 saturated carbocycles. The van der Waals surface area contributed by atoms with Gasteiger partial charge in [-0.15, -0.1) is 17.0 Å². The van der Waals surface area contributed by atoms with E-state index in [1.807, 2.05) is 0 Å². The van der Waals surface area contributed by atoms with Gasteiger partial charge in [0.15, 0.2) is 0 Å². The number of benzene rings is 1. The number of nitrogens with zero attached hydrogens (tertiary/aromatic N) is 1. The summed E-state index contributed by atoms with van der Waals surface area (Å²) in [7, 11) is 0. The average Bonchev–Trinajstić information content (AvgIpc) is 2.56. The number of hydrogen-bond acceptors (Lipinski definition) is 3. The maximum Gasteiger partial charge on any atom is 0.417 e. The molecule has 0 saturated heterocycles. The Hall–Kier alpha value is -1.02. The largest absolute Gasteiger partial charge is 0.422 e. The zero-order chi connectivity index (χ0) is 17.8. The molecule has 0 fully saturated rings. The lowest BCUT2D eigenvalue weighted by atomic mass is 9.88. The third kappa shape index (κ3) is 3.09. The molecule has 4 rings (SSSR count). The lowest BCUT2D eigenvalue weighted by molar-refractivity contribution is -0.137. The molecule has 2 aliphatic heterocycles. The molecule has 142 valence electrons. The molecule has 0 unspecified atom stereocenters. The van der Waals surface area contributed by atoms with Crippen LogP contribution >= 0.6 is 32.9 Å². The van der Waals surface area contributed by atoms with Gasteiger partial charge in [-0.3, -0.25) is 0 Å². The van der Waals surface area contributed by atoms with Gasteiger partial charge in [-0.05, 0) is 43.7 Å². The summed E-state index contributed by atoms with van der Waals surface area (Å²) in [6.45, 7) is 1.81. The van der Waals surface area contributed by atoms with Crippen LogP contribution in [0, 0.1) is 0 Å². The fraction of sp³-hybridized carbons (Fsp3) is 0.500. The molecule has 3 heterocycles. The van der Waals surface area contributed by atoms with E-state index in [1.54, 1.807) is 6.07 Å². The van der Waals surface area contributed by atoms with Crippen molar-refractivity contribution in [1.29, 1.82) is 0 Å². The maximum absolute atomic E-state index is 13.8. The van der Waals surface area contributed by atoms with Crippen LogP contribution in [0.3, 0.4) is 0 Å². The van der Waals surface area contributed by atoms with Crippen LogP contribution in [0.5, 0.6) is 0 Å². The summed E-state index contributed by atoms with van der Waals surface area (Å²) >= 11 is 3.14. The Kier molecular flexibility index (Phi) is 5.45. The van der Waals surface area contributed by atoms with Crippen LogP contribution in [0.1, 0.15) is 35.1 Å². The minimum Gasteiger partial charge on any atom is -0.422 e. The molecule has 3 nitrogen and oxygen atoms in total. The third-order valence-electron chi connectivity index (χ3n) is 5.11. The Morgan fingerprint density at radius 1 is 1.19 bits per heavy atom. The normalized spacial score (nSPS) is 16.4. The number of rotatable bonds is 2. The number of alkyl halides is 4. The van der Waals surface area contributed by atoms with Crippen LogP contribution in [0.25, 0.3) is 11.0 Å². The second-order valence-corrected chi connectivity index (χ2v) is 7.41. The second kappa shape index (κ2) is 7.19. The summed E-state index contributed by atoms with van der Waals surface area (Å²) < 4.78 is 46.9. The van der Waals surface area contributed by atoms with Crippen molar-refractivity contribution >= 4 is 49.6 Å². The topological polar surface area (TPSA) is 33.5 Å². The van der Waals surface area contributed by atoms with Gasteiger partial charge in [0.2, 0.25) is 0 Å². The van der Waals surface area contributed by atoms with E-state index < -0.39 is 17.4 Å². The molecule has 26 heavy (non-hydrogen) atoms. The SMILES string of the molecule is Br.O=c1oc2c3c4c(cc2c(C(F)(F)F)c1CCBr)CCCN4CCC3. The van der Waals surface area contributed by atoms with E-state index in [4.69, 9.17) is 4.42 Å². The van der Waals surface area contributed by atoms with Gasteiger partial charge in [0.05, 0.1) is 11.1 Å². The summed E-state index contributed by atoms with van der Waals surface area (Å²) in [5.74, 6) is 0. The highest BCUT2D eigenvalue weighted by Crippen LogP contribution is 2.44. The predicted molar refractivity (Wildman–Crippen MR) is 104 cm³/mol. The minimum atomic E-state index is -4.59. The summed E-state index contributed by atoms with van der Waals surface area (Å²) in [4.78, 5) is 14.5. The van der Waals surface area contributed by atoms with Gasteiger partial charge < -0.3 is 9.32 Å². The number of halogens is 5. The number of fused-ring (bicyclic) bond motifs is 2. The highest BCUT2D eigenvalue weighted by Gasteiger charge is 2.39. The Balaban J connectivity index is 0.00000196. The van der Waals surface area contributed by atoms with E-state index in [9.17, 15) is 18.0 Å². The van der Waals surface area contributed by atoms with Gasteiger partial charge in [0, 0.05) is 35.1 Å². The molecule has 1 aromatic carbocycles. The zero-order valence-electron chi connectivity index (χ0n) is 13.9. The standard InChI is InChI=1S/C18H17BrF3NO2.BrH/c19-6-5-11-14(18(20,21)22)13-9-10-3-1-7-23-8-2-4-12(15(10)23)16(13)25-17(11)24;/h9H,1-8H2;1H. The summed E-state index contributed by atoms with van der Waals surface area (Å²) in [6.07, 6.45) is -1.39. The average molecular weight is 497 g/mol. The van der Waals surface area contributed by atoms with Crippen LogP contribution < -0.4 is 10.5 Å². The van der Waals surface area contributed by atoms with Gasteiger partial charge in [-0.1, -0.05) is 15.9 Å². The predicted octanol–water partition coefficient (Wildman–Crippen LogP) is 5.03. The molecule has 0 atom stereocenters. The Morgan fingerprint density at radius 2 is 1.88 bits per heavy atom. The quantitative estimate of drug-likeness (QED) is 0.432. The maximum atomic E-state index is 13.8. The van der Waals surface area contributed by atoms with E-state index >= 15 is 0 Å². The van der Waals surface area contributed by atoms with Crippen molar-refractivity contribution in [2.45, 2.75) is 38.3 Å². The van der Waals surface area contributed by atoms with Crippen molar-refractivity contribution in [3.63, 3.8) is 0 Å². The highest BCUT2D eigenvalue weighted by atomic mass is 79.9. The Bertz CT molecular complexity index is 906. The highest BCUT2D eigenvalue weighted by molar-refractivity contribution is 9.09. The van der Waals surface area contributed by atoms with E-state index in [1.165, 1.54) is 0 Å². The van der Waals surface area contributed by atoms with E-state index in [0.29, 0.717) is 6.42 Å². The van der Waals surface area contributed by atoms with E-state index in [2.05, 4.69) is 20.8 Å². The summed E-state index contributed by atoms with van der Waals surface area (Å²) in [5.41, 5.74) is 0.857. The third-order valence-corrected chi connectivity index (χ3v) is 5.51. The Morgan fingerprint density at radius 3 is 2.54 bits per heavy atom. The molecule has 0 radical (unpaired) electrons. The van der Waals surface area contributed by atoms with Crippen LogP contribution in [0.2, 0.25) is 0 Å². The lowest BCUT2D eigenvalue weighted by Gasteiger charge is -2.37. The molecular formula is C18H18Br2F3NO2. The zero-order valence-corrected chi connectivity index (χ0v) is 17.2. The second-order valence-electron chi connectivity index (χ2n) is 6.61. The molecule has 8 heteroatoms. The van der Waals surface area contributed by atoms with Gasteiger partial charge in [-0.2, -0.15) is 13.2 Å². The number of aryl methyl sites for hydroxylation is 2. The summed E-state index contributed by atoms with van der Waals surface area (Å²) in [5, 5.41) is 0.318. The van der Waals surface area contributed by atoms with E-state index in [0.717, 1.165) is 49.2 Å². The molecule has 1 aromatic heterocycles. The minimum absolute atomic E-state index is 0. The van der Waals surface area contributed by atoms with Crippen molar-refractivity contribution in [3.05, 3.63) is 38.7 Å². The monoisotopic (exact) mass is 495 g/mol. The van der Waals surface area contributed by atoms with E-state index in [-0.39, 0.29) is 45.3 Å². The van der Waals surface area contributed by atoms with Crippen LogP contribution in [-0.2, 0) is 25.4 Å². The first-order chi connectivity index (χ1) is 11.9. The van der Waals surface area contributed by atoms with Crippen molar-refractivity contribution in [1.82, 2.24) is 0 Å². The fourth-order valence-corrected chi connectivity index (χ4v) is 4.59. The molecule has 0 amide bonds. The molecular weight excluding hydrogens is 479 g/mol. The number of anilines is 1. The first kappa shape index (κ1) is 19.7. The van der Waals surface area contributed by atoms with Gasteiger partial charge in [0.25, 0.3) is 0 Å². The smallest absolute Gasteiger partial charge is 0.417 e. The van der Waals surface area contributed by atoms with Crippen molar-refractivity contribution in [2.75, 3.05) is 23.3 Å². The summed E-state index contributed by atoms with van der Waals surface area (Å²) in [6, 6.07) is 1.61. The van der Waals surface area contributed by atoms with Crippen molar-refractivity contribution in [2.24, 2.45) is 0 Å². The molecule has 0 aliphatic carbocycles. The van der Waals surface area contributed by atoms with Crippen LogP contribution in [-0.4, -0.2) is 18.4 Å². The van der Waals surface area contributed by atoms with Gasteiger partial charge in [0.1, 0.15) is 5.58 Å². The molecule has 0 bridgehead atoms. The molecule has 2 aliphatic rings. The van der Waals surface area contributed by atoms with Gasteiger partial charge >= 0.3 is 11.8 Å². The molecule has 0 spiro atoms. The fourth-order valence-electron chi connectivity index (χ4n) is 4.20. The lowest BCUT2D eigenvalue weighted by Crippen LogP contribution is -2.34. The van der Waals surface area contributed by atoms with Gasteiger partial charge in [-0.25, -0.2) is 4.79 Å². The van der Waals surface area contributed by atoms with Crippen molar-refractivity contribution < 1.29 is 17.6 Å². The van der Waals surface area contributed by atoms with Crippen LogP contribution in [0.15, 0.2) is 15.3 Å². The molecule has 2 aromatic rings. The first-order valence-corrected chi connectivity index (χ1v) is 9.56. The number of hydrogen-bond donors (Lipinski definition) is 0.